The Kier molecular flexibility index (Phi) is 8.45. The maximum atomic E-state index is 13.0. The Bertz CT molecular complexity index is 695. The molecule has 3 N–H and O–H groups in total. The summed E-state index contributed by atoms with van der Waals surface area (Å²) < 4.78 is 31.1. The molecule has 2 aromatic carbocycles. The molecule has 0 bridgehead atoms. The lowest BCUT2D eigenvalue weighted by atomic mass is 10.1. The van der Waals surface area contributed by atoms with Gasteiger partial charge in [0.05, 0.1) is 6.54 Å². The van der Waals surface area contributed by atoms with Gasteiger partial charge in [0.2, 0.25) is 0 Å². The summed E-state index contributed by atoms with van der Waals surface area (Å²) in [7, 11) is 0. The van der Waals surface area contributed by atoms with Crippen LogP contribution in [0.1, 0.15) is 12.5 Å². The predicted octanol–water partition coefficient (Wildman–Crippen LogP) is 3.95. The Morgan fingerprint density at radius 2 is 1.96 bits per heavy atom. The van der Waals surface area contributed by atoms with E-state index in [-0.39, 0.29) is 42.3 Å². The molecule has 0 aliphatic rings. The molecule has 24 heavy (non-hydrogen) atoms. The summed E-state index contributed by atoms with van der Waals surface area (Å²) in [6.45, 7) is 2.58. The van der Waals surface area contributed by atoms with Crippen LogP contribution in [0.3, 0.4) is 0 Å². The zero-order chi connectivity index (χ0) is 16.7. The lowest BCUT2D eigenvalue weighted by Crippen LogP contribution is -2.23. The van der Waals surface area contributed by atoms with E-state index >= 15 is 0 Å². The molecular weight excluding hydrogens is 427 g/mol. The molecule has 0 radical (unpaired) electrons. The van der Waals surface area contributed by atoms with Crippen LogP contribution >= 0.6 is 24.0 Å². The molecular formula is C17H20F2IN3O. The highest BCUT2D eigenvalue weighted by Gasteiger charge is 2.03. The van der Waals surface area contributed by atoms with Crippen molar-refractivity contribution in [3.63, 3.8) is 0 Å². The fraction of sp³-hybridized carbons (Fsp3) is 0.235. The number of benzene rings is 2. The molecule has 0 unspecified atom stereocenters. The van der Waals surface area contributed by atoms with Gasteiger partial charge in [0.15, 0.2) is 17.6 Å². The zero-order valence-electron chi connectivity index (χ0n) is 13.3. The average molecular weight is 447 g/mol. The zero-order valence-corrected chi connectivity index (χ0v) is 15.6. The van der Waals surface area contributed by atoms with Crippen molar-refractivity contribution in [1.29, 1.82) is 0 Å². The maximum Gasteiger partial charge on any atom is 0.193 e. The smallest absolute Gasteiger partial charge is 0.193 e. The number of nitrogens with zero attached hydrogens (tertiary/aromatic N) is 1. The second-order valence-corrected chi connectivity index (χ2v) is 4.87. The standard InChI is InChI=1S/C17H19F2N3O.HI/c1-2-12-4-3-5-13(10-12)22-17(20)21-8-9-23-14-6-7-15(18)16(19)11-14;/h3-7,10-11H,2,8-9H2,1H3,(H3,20,21,22);1H. The molecule has 2 rings (SSSR count). The second kappa shape index (κ2) is 10.1. The number of nitrogens with two attached hydrogens (primary N) is 1. The van der Waals surface area contributed by atoms with Gasteiger partial charge in [0.25, 0.3) is 0 Å². The molecule has 0 atom stereocenters. The first-order valence-corrected chi connectivity index (χ1v) is 7.32. The number of halogens is 3. The van der Waals surface area contributed by atoms with Gasteiger partial charge in [0, 0.05) is 11.8 Å². The van der Waals surface area contributed by atoms with Crippen LogP contribution < -0.4 is 15.8 Å². The molecule has 0 heterocycles. The molecule has 0 aliphatic heterocycles. The first-order chi connectivity index (χ1) is 11.1. The van der Waals surface area contributed by atoms with Gasteiger partial charge in [0.1, 0.15) is 12.4 Å². The van der Waals surface area contributed by atoms with Gasteiger partial charge in [-0.15, -0.1) is 24.0 Å². The van der Waals surface area contributed by atoms with Crippen LogP contribution in [-0.4, -0.2) is 19.1 Å². The van der Waals surface area contributed by atoms with Crippen LogP contribution in [0.25, 0.3) is 0 Å². The summed E-state index contributed by atoms with van der Waals surface area (Å²) >= 11 is 0. The summed E-state index contributed by atoms with van der Waals surface area (Å²) in [4.78, 5) is 4.12. The van der Waals surface area contributed by atoms with Gasteiger partial charge < -0.3 is 15.8 Å². The van der Waals surface area contributed by atoms with E-state index in [2.05, 4.69) is 17.2 Å². The molecule has 7 heteroatoms. The number of anilines is 1. The summed E-state index contributed by atoms with van der Waals surface area (Å²) in [6.07, 6.45) is 0.939. The van der Waals surface area contributed by atoms with E-state index in [4.69, 9.17) is 10.5 Å². The van der Waals surface area contributed by atoms with E-state index in [0.29, 0.717) is 6.54 Å². The monoisotopic (exact) mass is 447 g/mol. The van der Waals surface area contributed by atoms with Crippen molar-refractivity contribution in [3.8, 4) is 5.75 Å². The van der Waals surface area contributed by atoms with E-state index in [1.807, 2.05) is 24.3 Å². The minimum Gasteiger partial charge on any atom is -0.492 e. The molecule has 4 nitrogen and oxygen atoms in total. The van der Waals surface area contributed by atoms with E-state index in [9.17, 15) is 8.78 Å². The van der Waals surface area contributed by atoms with Crippen LogP contribution in [0, 0.1) is 11.6 Å². The lowest BCUT2D eigenvalue weighted by molar-refractivity contribution is 0.325. The minimum atomic E-state index is -0.942. The number of aliphatic imine (C=N–C) groups is 1. The third-order valence-corrected chi connectivity index (χ3v) is 3.14. The van der Waals surface area contributed by atoms with Crippen molar-refractivity contribution in [2.24, 2.45) is 10.7 Å². The topological polar surface area (TPSA) is 59.6 Å². The summed E-state index contributed by atoms with van der Waals surface area (Å²) in [5, 5.41) is 2.99. The molecule has 0 saturated carbocycles. The molecule has 130 valence electrons. The van der Waals surface area contributed by atoms with Crippen molar-refractivity contribution in [2.45, 2.75) is 13.3 Å². The van der Waals surface area contributed by atoms with Gasteiger partial charge >= 0.3 is 0 Å². The van der Waals surface area contributed by atoms with E-state index in [0.717, 1.165) is 24.2 Å². The maximum absolute atomic E-state index is 13.0. The SMILES string of the molecule is CCc1cccc(NC(N)=NCCOc2ccc(F)c(F)c2)c1.I. The van der Waals surface area contributed by atoms with Crippen LogP contribution in [0.15, 0.2) is 47.5 Å². The summed E-state index contributed by atoms with van der Waals surface area (Å²) in [5.74, 6) is -1.32. The first-order valence-electron chi connectivity index (χ1n) is 7.32. The van der Waals surface area contributed by atoms with Gasteiger partial charge in [-0.25, -0.2) is 13.8 Å². The summed E-state index contributed by atoms with van der Waals surface area (Å²) in [5.41, 5.74) is 7.86. The fourth-order valence-corrected chi connectivity index (χ4v) is 1.95. The first kappa shape index (κ1) is 20.1. The van der Waals surface area contributed by atoms with Crippen molar-refractivity contribution in [2.75, 3.05) is 18.5 Å². The number of guanidine groups is 1. The number of ether oxygens (including phenoxy) is 1. The molecule has 0 aliphatic carbocycles. The van der Waals surface area contributed by atoms with E-state index < -0.39 is 11.6 Å². The average Bonchev–Trinajstić information content (AvgIpc) is 2.55. The molecule has 0 amide bonds. The number of rotatable bonds is 6. The molecule has 0 spiro atoms. The number of hydrogen-bond acceptors (Lipinski definition) is 2. The molecule has 2 aromatic rings. The molecule has 0 aromatic heterocycles. The normalized spacial score (nSPS) is 10.9. The third kappa shape index (κ3) is 6.31. The van der Waals surface area contributed by atoms with Gasteiger partial charge in [-0.2, -0.15) is 0 Å². The van der Waals surface area contributed by atoms with Crippen molar-refractivity contribution in [1.82, 2.24) is 0 Å². The Morgan fingerprint density at radius 1 is 1.17 bits per heavy atom. The van der Waals surface area contributed by atoms with E-state index in [1.54, 1.807) is 0 Å². The lowest BCUT2D eigenvalue weighted by Gasteiger charge is -2.08. The van der Waals surface area contributed by atoms with Crippen LogP contribution in [0.5, 0.6) is 5.75 Å². The Balaban J connectivity index is 0.00000288. The second-order valence-electron chi connectivity index (χ2n) is 4.87. The number of aryl methyl sites for hydroxylation is 1. The molecule has 0 saturated heterocycles. The van der Waals surface area contributed by atoms with Gasteiger partial charge in [-0.1, -0.05) is 19.1 Å². The number of hydrogen-bond donors (Lipinski definition) is 2. The predicted molar refractivity (Wildman–Crippen MR) is 103 cm³/mol. The van der Waals surface area contributed by atoms with Crippen molar-refractivity contribution >= 4 is 35.6 Å². The summed E-state index contributed by atoms with van der Waals surface area (Å²) in [6, 6.07) is 11.3. The van der Waals surface area contributed by atoms with Crippen LogP contribution in [0.2, 0.25) is 0 Å². The minimum absolute atomic E-state index is 0. The fourth-order valence-electron chi connectivity index (χ4n) is 1.95. The highest BCUT2D eigenvalue weighted by Crippen LogP contribution is 2.15. The number of nitrogens with one attached hydrogen (secondary N) is 1. The van der Waals surface area contributed by atoms with Crippen LogP contribution in [0.4, 0.5) is 14.5 Å². The Morgan fingerprint density at radius 3 is 2.67 bits per heavy atom. The quantitative estimate of drug-likeness (QED) is 0.305. The largest absolute Gasteiger partial charge is 0.492 e. The van der Waals surface area contributed by atoms with Crippen molar-refractivity contribution < 1.29 is 13.5 Å². The molecule has 0 fully saturated rings. The van der Waals surface area contributed by atoms with Crippen LogP contribution in [-0.2, 0) is 6.42 Å². The highest BCUT2D eigenvalue weighted by molar-refractivity contribution is 14.0. The highest BCUT2D eigenvalue weighted by atomic mass is 127. The Labute approximate surface area is 157 Å². The van der Waals surface area contributed by atoms with Crippen molar-refractivity contribution in [3.05, 3.63) is 59.7 Å². The Hall–Kier alpha value is -1.90. The van der Waals surface area contributed by atoms with Gasteiger partial charge in [-0.3, -0.25) is 0 Å². The third-order valence-electron chi connectivity index (χ3n) is 3.14. The van der Waals surface area contributed by atoms with Gasteiger partial charge in [-0.05, 0) is 36.2 Å². The van der Waals surface area contributed by atoms with E-state index in [1.165, 1.54) is 11.6 Å².